The van der Waals surface area contributed by atoms with Gasteiger partial charge in [-0.05, 0) is 32.4 Å². The van der Waals surface area contributed by atoms with Gasteiger partial charge >= 0.3 is 5.97 Å². The van der Waals surface area contributed by atoms with Gasteiger partial charge in [0.1, 0.15) is 12.1 Å². The number of carbonyl (C=O) groups is 4. The highest BCUT2D eigenvalue weighted by Crippen LogP contribution is 2.30. The number of aryl methyl sites for hydroxylation is 1. The summed E-state index contributed by atoms with van der Waals surface area (Å²) in [5, 5.41) is 11.1. The maximum atomic E-state index is 12.5. The highest BCUT2D eigenvalue weighted by molar-refractivity contribution is 6.24. The number of nitrogens with zero attached hydrogens (tertiary/aromatic N) is 3. The van der Waals surface area contributed by atoms with Crippen molar-refractivity contribution in [1.82, 2.24) is 9.47 Å². The first-order valence-corrected chi connectivity index (χ1v) is 9.66. The second-order valence-corrected chi connectivity index (χ2v) is 7.17. The molecule has 0 bridgehead atoms. The molecule has 0 saturated carbocycles. The van der Waals surface area contributed by atoms with E-state index in [0.717, 1.165) is 30.4 Å². The highest BCUT2D eigenvalue weighted by Gasteiger charge is 2.42. The molecule has 0 fully saturated rings. The molecule has 1 aliphatic heterocycles. The Labute approximate surface area is 177 Å². The number of ether oxygens (including phenoxy) is 1. The van der Waals surface area contributed by atoms with E-state index in [1.807, 2.05) is 25.3 Å². The number of hydrogen-bond acceptors (Lipinski definition) is 7. The summed E-state index contributed by atoms with van der Waals surface area (Å²) < 4.78 is 6.98. The number of rotatable bonds is 8. The molecule has 2 amide bonds. The lowest BCUT2D eigenvalue weighted by Crippen LogP contribution is -2.36. The van der Waals surface area contributed by atoms with Gasteiger partial charge in [-0.1, -0.05) is 13.0 Å². The van der Waals surface area contributed by atoms with E-state index in [1.165, 1.54) is 12.1 Å². The number of fused-ring (bicyclic) bond motifs is 1. The lowest BCUT2D eigenvalue weighted by Gasteiger charge is -2.12. The number of hydrogen-bond donors (Lipinski definition) is 0. The molecule has 2 heterocycles. The van der Waals surface area contributed by atoms with Crippen molar-refractivity contribution in [3.8, 4) is 0 Å². The largest absolute Gasteiger partial charge is 0.456 e. The van der Waals surface area contributed by atoms with Crippen LogP contribution in [0.2, 0.25) is 0 Å². The molecule has 0 spiro atoms. The van der Waals surface area contributed by atoms with Crippen molar-refractivity contribution in [2.75, 3.05) is 13.2 Å². The molecule has 0 N–H and O–H groups in total. The van der Waals surface area contributed by atoms with Crippen molar-refractivity contribution in [2.45, 2.75) is 33.7 Å². The van der Waals surface area contributed by atoms with Crippen molar-refractivity contribution in [3.05, 3.63) is 62.5 Å². The van der Waals surface area contributed by atoms with Crippen LogP contribution in [0.4, 0.5) is 5.69 Å². The summed E-state index contributed by atoms with van der Waals surface area (Å²) in [5.41, 5.74) is 1.12. The molecule has 0 radical (unpaired) electrons. The minimum absolute atomic E-state index is 0.147. The second-order valence-electron chi connectivity index (χ2n) is 7.17. The summed E-state index contributed by atoms with van der Waals surface area (Å²) in [4.78, 5) is 60.6. The fraction of sp³-hybridized carbons (Fsp3) is 0.333. The van der Waals surface area contributed by atoms with Crippen LogP contribution < -0.4 is 0 Å². The molecular weight excluding hydrogens is 406 g/mol. The van der Waals surface area contributed by atoms with Crippen molar-refractivity contribution < 1.29 is 28.8 Å². The third-order valence-corrected chi connectivity index (χ3v) is 5.15. The first-order valence-electron chi connectivity index (χ1n) is 9.66. The minimum atomic E-state index is -0.965. The van der Waals surface area contributed by atoms with Crippen molar-refractivity contribution in [1.29, 1.82) is 0 Å². The highest BCUT2D eigenvalue weighted by atomic mass is 16.6. The summed E-state index contributed by atoms with van der Waals surface area (Å²) >= 11 is 0. The number of carbonyl (C=O) groups excluding carboxylic acids is 4. The molecule has 1 aliphatic rings. The summed E-state index contributed by atoms with van der Waals surface area (Å²) in [6, 6.07) is 5.41. The molecule has 0 atom stereocenters. The molecule has 0 unspecified atom stereocenters. The molecule has 10 nitrogen and oxygen atoms in total. The standard InChI is InChI=1S/C21H21N3O7/c1-4-8-22-12(2)9-15(13(22)3)17(25)11-31-18(26)10-23-20(27)14-6-5-7-16(24(29)30)19(14)21(23)28/h5-7,9H,4,8,10-11H2,1-3H3. The van der Waals surface area contributed by atoms with E-state index < -0.39 is 47.3 Å². The first-order chi connectivity index (χ1) is 14.7. The Morgan fingerprint density at radius 2 is 1.87 bits per heavy atom. The third kappa shape index (κ3) is 3.96. The van der Waals surface area contributed by atoms with Crippen LogP contribution in [0.5, 0.6) is 0 Å². The molecule has 3 rings (SSSR count). The average molecular weight is 427 g/mol. The van der Waals surface area contributed by atoms with Crippen molar-refractivity contribution >= 4 is 29.3 Å². The van der Waals surface area contributed by atoms with Crippen LogP contribution >= 0.6 is 0 Å². The quantitative estimate of drug-likeness (QED) is 0.208. The van der Waals surface area contributed by atoms with E-state index in [-0.39, 0.29) is 11.1 Å². The Balaban J connectivity index is 1.67. The van der Waals surface area contributed by atoms with Gasteiger partial charge in [-0.25, -0.2) is 0 Å². The smallest absolute Gasteiger partial charge is 0.326 e. The zero-order chi connectivity index (χ0) is 22.9. The van der Waals surface area contributed by atoms with E-state index in [2.05, 4.69) is 0 Å². The fourth-order valence-corrected chi connectivity index (χ4v) is 3.66. The van der Waals surface area contributed by atoms with Crippen LogP contribution in [0.1, 0.15) is 55.8 Å². The Morgan fingerprint density at radius 1 is 1.16 bits per heavy atom. The minimum Gasteiger partial charge on any atom is -0.456 e. The molecule has 31 heavy (non-hydrogen) atoms. The van der Waals surface area contributed by atoms with Crippen LogP contribution in [0, 0.1) is 24.0 Å². The Bertz CT molecular complexity index is 1120. The van der Waals surface area contributed by atoms with Crippen LogP contribution in [0.25, 0.3) is 0 Å². The maximum Gasteiger partial charge on any atom is 0.326 e. The number of imide groups is 1. The lowest BCUT2D eigenvalue weighted by atomic mass is 10.1. The third-order valence-electron chi connectivity index (χ3n) is 5.15. The normalized spacial score (nSPS) is 12.8. The van der Waals surface area contributed by atoms with Gasteiger partial charge in [0, 0.05) is 29.6 Å². The van der Waals surface area contributed by atoms with E-state index >= 15 is 0 Å². The number of Topliss-reactive ketones (excluding diaryl/α,β-unsaturated/α-hetero) is 1. The van der Waals surface area contributed by atoms with Gasteiger partial charge in [0.05, 0.1) is 10.5 Å². The lowest BCUT2D eigenvalue weighted by molar-refractivity contribution is -0.385. The topological polar surface area (TPSA) is 129 Å². The van der Waals surface area contributed by atoms with Gasteiger partial charge in [0.2, 0.25) is 5.78 Å². The summed E-state index contributed by atoms with van der Waals surface area (Å²) in [6.45, 7) is 5.19. The van der Waals surface area contributed by atoms with E-state index in [1.54, 1.807) is 6.07 Å². The monoisotopic (exact) mass is 427 g/mol. The second kappa shape index (κ2) is 8.50. The number of aromatic nitrogens is 1. The molecule has 1 aromatic heterocycles. The Hall–Kier alpha value is -3.82. The van der Waals surface area contributed by atoms with Gasteiger partial charge in [-0.3, -0.25) is 34.2 Å². The van der Waals surface area contributed by atoms with E-state index in [0.29, 0.717) is 10.5 Å². The van der Waals surface area contributed by atoms with Gasteiger partial charge in [-0.2, -0.15) is 0 Å². The Morgan fingerprint density at radius 3 is 2.52 bits per heavy atom. The van der Waals surface area contributed by atoms with E-state index in [9.17, 15) is 29.3 Å². The number of benzene rings is 1. The van der Waals surface area contributed by atoms with Gasteiger partial charge in [-0.15, -0.1) is 0 Å². The molecule has 0 aliphatic carbocycles. The molecule has 10 heteroatoms. The van der Waals surface area contributed by atoms with Gasteiger partial charge < -0.3 is 9.30 Å². The number of esters is 1. The van der Waals surface area contributed by atoms with Crippen molar-refractivity contribution in [3.63, 3.8) is 0 Å². The van der Waals surface area contributed by atoms with Crippen LogP contribution in [0.15, 0.2) is 24.3 Å². The van der Waals surface area contributed by atoms with Gasteiger partial charge in [0.25, 0.3) is 17.5 Å². The summed E-state index contributed by atoms with van der Waals surface area (Å²) in [6.07, 6.45) is 0.900. The molecular formula is C21H21N3O7. The molecule has 1 aromatic carbocycles. The Kier molecular flexibility index (Phi) is 6.00. The maximum absolute atomic E-state index is 12.5. The molecule has 2 aromatic rings. The number of nitro groups is 1. The van der Waals surface area contributed by atoms with Crippen LogP contribution in [-0.4, -0.2) is 51.1 Å². The van der Waals surface area contributed by atoms with E-state index in [4.69, 9.17) is 4.74 Å². The summed E-state index contributed by atoms with van der Waals surface area (Å²) in [7, 11) is 0. The zero-order valence-corrected chi connectivity index (χ0v) is 17.3. The van der Waals surface area contributed by atoms with Crippen LogP contribution in [0.3, 0.4) is 0 Å². The fourth-order valence-electron chi connectivity index (χ4n) is 3.66. The van der Waals surface area contributed by atoms with Crippen LogP contribution in [-0.2, 0) is 16.1 Å². The first kappa shape index (κ1) is 21.9. The summed E-state index contributed by atoms with van der Waals surface area (Å²) in [5.74, 6) is -3.14. The van der Waals surface area contributed by atoms with Crippen molar-refractivity contribution in [2.24, 2.45) is 0 Å². The predicted molar refractivity (Wildman–Crippen MR) is 108 cm³/mol. The predicted octanol–water partition coefficient (Wildman–Crippen LogP) is 2.45. The number of nitro benzene ring substituents is 1. The number of amides is 2. The van der Waals surface area contributed by atoms with Gasteiger partial charge in [0.15, 0.2) is 6.61 Å². The average Bonchev–Trinajstić information content (AvgIpc) is 3.15. The SMILES string of the molecule is CCCn1c(C)cc(C(=O)COC(=O)CN2C(=O)c3cccc([N+](=O)[O-])c3C2=O)c1C. The molecule has 0 saturated heterocycles. The molecule has 162 valence electrons. The zero-order valence-electron chi connectivity index (χ0n) is 17.3. The number of ketones is 1.